The molecule has 4 rings (SSSR count). The Hall–Kier alpha value is -2.61. The van der Waals surface area contributed by atoms with Crippen LogP contribution >= 0.6 is 15.9 Å². The molecule has 2 heterocycles. The second kappa shape index (κ2) is 7.79. The van der Waals surface area contributed by atoms with Crippen LogP contribution < -0.4 is 5.73 Å². The summed E-state index contributed by atoms with van der Waals surface area (Å²) < 4.78 is 2.65. The second-order valence-electron chi connectivity index (χ2n) is 7.21. The molecule has 8 heteroatoms. The first kappa shape index (κ1) is 18.7. The second-order valence-corrected chi connectivity index (χ2v) is 7.96. The lowest BCUT2D eigenvalue weighted by Gasteiger charge is -2.35. The van der Waals surface area contributed by atoms with E-state index < -0.39 is 6.09 Å². The fourth-order valence-electron chi connectivity index (χ4n) is 4.15. The number of nitrogen functional groups attached to an aromatic ring is 1. The molecule has 0 saturated heterocycles. The third-order valence-corrected chi connectivity index (χ3v) is 6.01. The van der Waals surface area contributed by atoms with Crippen LogP contribution in [0.1, 0.15) is 43.0 Å². The van der Waals surface area contributed by atoms with Crippen LogP contribution in [0.25, 0.3) is 5.52 Å². The number of amides is 1. The maximum atomic E-state index is 12.0. The highest BCUT2D eigenvalue weighted by Gasteiger charge is 2.32. The third kappa shape index (κ3) is 3.56. The summed E-state index contributed by atoms with van der Waals surface area (Å²) >= 11 is 3.49. The third-order valence-electron chi connectivity index (χ3n) is 5.46. The van der Waals surface area contributed by atoms with Crippen molar-refractivity contribution in [2.24, 2.45) is 0 Å². The number of imidazole rings is 1. The van der Waals surface area contributed by atoms with Gasteiger partial charge in [-0.25, -0.2) is 14.8 Å². The van der Waals surface area contributed by atoms with Crippen molar-refractivity contribution in [2.75, 3.05) is 5.73 Å². The van der Waals surface area contributed by atoms with Crippen LogP contribution in [-0.2, 0) is 6.54 Å². The number of hydrogen-bond acceptors (Lipinski definition) is 4. The van der Waals surface area contributed by atoms with Crippen molar-refractivity contribution in [3.8, 4) is 0 Å². The van der Waals surface area contributed by atoms with E-state index in [9.17, 15) is 9.90 Å². The molecule has 1 aliphatic carbocycles. The fourth-order valence-corrected chi connectivity index (χ4v) is 4.72. The summed E-state index contributed by atoms with van der Waals surface area (Å²) in [5.41, 5.74) is 7.78. The summed E-state index contributed by atoms with van der Waals surface area (Å²) in [6.45, 7) is 0.399. The molecule has 1 aliphatic rings. The summed E-state index contributed by atoms with van der Waals surface area (Å²) in [6.07, 6.45) is 6.19. The van der Waals surface area contributed by atoms with Crippen LogP contribution in [0.5, 0.6) is 0 Å². The number of rotatable bonds is 4. The summed E-state index contributed by atoms with van der Waals surface area (Å²) in [4.78, 5) is 22.4. The number of anilines is 1. The lowest BCUT2D eigenvalue weighted by Crippen LogP contribution is -2.41. The number of hydrogen-bond donors (Lipinski definition) is 2. The maximum absolute atomic E-state index is 12.0. The van der Waals surface area contributed by atoms with Gasteiger partial charge in [-0.3, -0.25) is 4.40 Å². The van der Waals surface area contributed by atoms with Crippen molar-refractivity contribution in [3.63, 3.8) is 0 Å². The number of nitrogens with zero attached hydrogens (tertiary/aromatic N) is 4. The topological polar surface area (TPSA) is 96.8 Å². The van der Waals surface area contributed by atoms with Crippen molar-refractivity contribution in [1.82, 2.24) is 19.3 Å². The van der Waals surface area contributed by atoms with Gasteiger partial charge in [-0.05, 0) is 40.8 Å². The Bertz CT molecular complexity index is 991. The van der Waals surface area contributed by atoms with E-state index in [4.69, 9.17) is 10.7 Å². The Morgan fingerprint density at radius 2 is 2.11 bits per heavy atom. The van der Waals surface area contributed by atoms with Crippen molar-refractivity contribution in [2.45, 2.75) is 44.2 Å². The van der Waals surface area contributed by atoms with Crippen LogP contribution in [0.15, 0.2) is 47.3 Å². The van der Waals surface area contributed by atoms with E-state index >= 15 is 0 Å². The fraction of sp³-hybridized carbons (Fsp3) is 0.350. The Kier molecular flexibility index (Phi) is 5.21. The van der Waals surface area contributed by atoms with E-state index in [0.717, 1.165) is 42.6 Å². The maximum Gasteiger partial charge on any atom is 0.407 e. The molecule has 0 spiro atoms. The van der Waals surface area contributed by atoms with Gasteiger partial charge in [0.2, 0.25) is 0 Å². The van der Waals surface area contributed by atoms with Gasteiger partial charge in [-0.15, -0.1) is 0 Å². The zero-order valence-electron chi connectivity index (χ0n) is 15.3. The molecule has 0 unspecified atom stereocenters. The lowest BCUT2D eigenvalue weighted by molar-refractivity contribution is 0.102. The minimum Gasteiger partial charge on any atom is -0.465 e. The predicted molar refractivity (Wildman–Crippen MR) is 110 cm³/mol. The number of aromatic nitrogens is 3. The van der Waals surface area contributed by atoms with Crippen LogP contribution in [-0.4, -0.2) is 36.5 Å². The monoisotopic (exact) mass is 443 g/mol. The van der Waals surface area contributed by atoms with Gasteiger partial charge in [0.15, 0.2) is 5.82 Å². The Labute approximate surface area is 171 Å². The highest BCUT2D eigenvalue weighted by molar-refractivity contribution is 9.10. The Balaban J connectivity index is 1.60. The van der Waals surface area contributed by atoms with E-state index in [1.165, 1.54) is 0 Å². The number of fused-ring (bicyclic) bond motifs is 1. The summed E-state index contributed by atoms with van der Waals surface area (Å²) in [5, 5.41) is 9.83. The van der Waals surface area contributed by atoms with Crippen LogP contribution in [0, 0.1) is 0 Å². The summed E-state index contributed by atoms with van der Waals surface area (Å²) in [7, 11) is 0. The lowest BCUT2D eigenvalue weighted by atomic mass is 9.84. The molecule has 2 atom stereocenters. The average molecular weight is 444 g/mol. The summed E-state index contributed by atoms with van der Waals surface area (Å²) in [6, 6.07) is 9.70. The molecule has 3 aromatic rings. The Morgan fingerprint density at radius 3 is 2.86 bits per heavy atom. The molecular weight excluding hydrogens is 422 g/mol. The van der Waals surface area contributed by atoms with Crippen LogP contribution in [0.3, 0.4) is 0 Å². The molecule has 0 bridgehead atoms. The molecule has 3 N–H and O–H groups in total. The quantitative estimate of drug-likeness (QED) is 0.626. The van der Waals surface area contributed by atoms with Crippen molar-refractivity contribution >= 4 is 33.4 Å². The molecule has 146 valence electrons. The van der Waals surface area contributed by atoms with E-state index in [2.05, 4.69) is 20.9 Å². The van der Waals surface area contributed by atoms with Crippen LogP contribution in [0.4, 0.5) is 10.6 Å². The molecule has 1 amide bonds. The minimum atomic E-state index is -0.878. The number of carboxylic acid groups (broad SMARTS) is 1. The SMILES string of the molecule is Nc1nccn2c([C@H]3CCC[C@@H](N(Cc4ccccc4)C(=O)O)C3)nc(Br)c12. The van der Waals surface area contributed by atoms with Crippen molar-refractivity contribution in [3.05, 3.63) is 58.7 Å². The molecule has 1 saturated carbocycles. The molecule has 0 radical (unpaired) electrons. The first-order chi connectivity index (χ1) is 13.5. The van der Waals surface area contributed by atoms with Gasteiger partial charge < -0.3 is 15.7 Å². The number of benzene rings is 1. The van der Waals surface area contributed by atoms with Gasteiger partial charge in [0.05, 0.1) is 0 Å². The largest absolute Gasteiger partial charge is 0.465 e. The standard InChI is InChI=1S/C20H22BrN5O2/c21-17-16-18(22)23-9-10-25(16)19(24-17)14-7-4-8-15(11-14)26(20(27)28)12-13-5-2-1-3-6-13/h1-3,5-6,9-10,14-15H,4,7-8,11-12H2,(H2,22,23)(H,27,28)/t14-,15+/m0/s1. The smallest absolute Gasteiger partial charge is 0.407 e. The van der Waals surface area contributed by atoms with Gasteiger partial charge >= 0.3 is 6.09 Å². The zero-order valence-corrected chi connectivity index (χ0v) is 16.9. The van der Waals surface area contributed by atoms with Gasteiger partial charge in [0, 0.05) is 30.9 Å². The molecule has 1 aromatic carbocycles. The Morgan fingerprint density at radius 1 is 1.32 bits per heavy atom. The highest BCUT2D eigenvalue weighted by Crippen LogP contribution is 2.37. The molecule has 0 aliphatic heterocycles. The predicted octanol–water partition coefficient (Wildman–Crippen LogP) is 4.28. The first-order valence-corrected chi connectivity index (χ1v) is 10.2. The molecule has 28 heavy (non-hydrogen) atoms. The molecule has 1 fully saturated rings. The molecule has 2 aromatic heterocycles. The van der Waals surface area contributed by atoms with Gasteiger partial charge in [0.1, 0.15) is 15.9 Å². The van der Waals surface area contributed by atoms with Crippen molar-refractivity contribution in [1.29, 1.82) is 0 Å². The van der Waals surface area contributed by atoms with Crippen LogP contribution in [0.2, 0.25) is 0 Å². The van der Waals surface area contributed by atoms with E-state index in [-0.39, 0.29) is 12.0 Å². The van der Waals surface area contributed by atoms with E-state index in [1.54, 1.807) is 11.1 Å². The summed E-state index contributed by atoms with van der Waals surface area (Å²) in [5.74, 6) is 1.50. The molecule has 7 nitrogen and oxygen atoms in total. The van der Waals surface area contributed by atoms with E-state index in [1.807, 2.05) is 40.9 Å². The minimum absolute atomic E-state index is 0.0400. The molecular formula is C20H22BrN5O2. The van der Waals surface area contributed by atoms with Gasteiger partial charge in [0.25, 0.3) is 0 Å². The van der Waals surface area contributed by atoms with Gasteiger partial charge in [-0.2, -0.15) is 0 Å². The van der Waals surface area contributed by atoms with Crippen molar-refractivity contribution < 1.29 is 9.90 Å². The number of nitrogens with two attached hydrogens (primary N) is 1. The average Bonchev–Trinajstić information content (AvgIpc) is 3.05. The first-order valence-electron chi connectivity index (χ1n) is 9.36. The highest BCUT2D eigenvalue weighted by atomic mass is 79.9. The van der Waals surface area contributed by atoms with Gasteiger partial charge in [-0.1, -0.05) is 36.8 Å². The number of halogens is 1. The normalized spacial score (nSPS) is 19.6. The van der Waals surface area contributed by atoms with E-state index in [0.29, 0.717) is 17.0 Å². The zero-order chi connectivity index (χ0) is 19.7. The number of carbonyl (C=O) groups is 1.